The zero-order valence-electron chi connectivity index (χ0n) is 9.14. The first-order valence-corrected chi connectivity index (χ1v) is 4.51. The molecule has 0 heterocycles. The average Bonchev–Trinajstić information content (AvgIpc) is 1.83. The molecule has 0 N–H and O–H groups in total. The van der Waals surface area contributed by atoms with Crippen molar-refractivity contribution in [2.45, 2.75) is 40.7 Å². The smallest absolute Gasteiger partial charge is 0.147 e. The highest BCUT2D eigenvalue weighted by Crippen LogP contribution is 2.23. The molecule has 1 atom stereocenters. The molecule has 2 nitrogen and oxygen atoms in total. The molecule has 0 aliphatic heterocycles. The largest absolute Gasteiger partial charge is 0.298 e. The molecule has 12 heavy (non-hydrogen) atoms. The third-order valence-electron chi connectivity index (χ3n) is 2.14. The van der Waals surface area contributed by atoms with Gasteiger partial charge in [0.25, 0.3) is 0 Å². The number of nitrogens with zero attached hydrogens (tertiary/aromatic N) is 1. The number of likely N-dealkylation sites (N-methyl/N-ethyl adjacent to an activating group) is 1. The predicted octanol–water partition coefficient (Wildman–Crippen LogP) is 1.94. The third kappa shape index (κ3) is 2.94. The van der Waals surface area contributed by atoms with E-state index >= 15 is 0 Å². The van der Waals surface area contributed by atoms with Crippen LogP contribution >= 0.6 is 0 Å². The summed E-state index contributed by atoms with van der Waals surface area (Å²) in [4.78, 5) is 13.4. The summed E-state index contributed by atoms with van der Waals surface area (Å²) in [5, 5.41) is 0. The highest BCUT2D eigenvalue weighted by atomic mass is 16.1. The van der Waals surface area contributed by atoms with E-state index in [1.807, 2.05) is 7.05 Å². The Bertz CT molecular complexity index is 158. The summed E-state index contributed by atoms with van der Waals surface area (Å²) in [6.07, 6.45) is 0. The van der Waals surface area contributed by atoms with E-state index in [4.69, 9.17) is 0 Å². The molecular formula is C10H21NO. The van der Waals surface area contributed by atoms with Gasteiger partial charge in [-0.3, -0.25) is 9.69 Å². The summed E-state index contributed by atoms with van der Waals surface area (Å²) >= 11 is 0. The normalized spacial score (nSPS) is 14.9. The van der Waals surface area contributed by atoms with Gasteiger partial charge in [0, 0.05) is 0 Å². The van der Waals surface area contributed by atoms with Crippen LogP contribution in [-0.4, -0.2) is 30.3 Å². The molecule has 2 heteroatoms. The van der Waals surface area contributed by atoms with E-state index in [0.717, 1.165) is 6.54 Å². The van der Waals surface area contributed by atoms with E-state index in [1.165, 1.54) is 0 Å². The van der Waals surface area contributed by atoms with Crippen molar-refractivity contribution in [2.24, 2.45) is 5.41 Å². The molecule has 1 unspecified atom stereocenters. The Morgan fingerprint density at radius 2 is 1.83 bits per heavy atom. The summed E-state index contributed by atoms with van der Waals surface area (Å²) in [7, 11) is 2.00. The second-order valence-electron chi connectivity index (χ2n) is 4.45. The number of hydrogen-bond acceptors (Lipinski definition) is 2. The maximum absolute atomic E-state index is 11.3. The first-order valence-electron chi connectivity index (χ1n) is 4.51. The van der Waals surface area contributed by atoms with Gasteiger partial charge >= 0.3 is 0 Å². The first kappa shape index (κ1) is 11.6. The van der Waals surface area contributed by atoms with Crippen molar-refractivity contribution in [1.29, 1.82) is 0 Å². The molecule has 0 rings (SSSR count). The standard InChI is InChI=1S/C10H21NO/c1-7-11(6)9(8(2)12)10(3,4)5/h9H,7H2,1-6H3. The Labute approximate surface area is 75.9 Å². The van der Waals surface area contributed by atoms with Crippen LogP contribution in [0.3, 0.4) is 0 Å². The Kier molecular flexibility index (Phi) is 3.91. The summed E-state index contributed by atoms with van der Waals surface area (Å²) in [5.41, 5.74) is 0.0383. The van der Waals surface area contributed by atoms with Crippen molar-refractivity contribution in [1.82, 2.24) is 4.90 Å². The lowest BCUT2D eigenvalue weighted by molar-refractivity contribution is -0.125. The van der Waals surface area contributed by atoms with Gasteiger partial charge in [0.1, 0.15) is 5.78 Å². The molecule has 0 radical (unpaired) electrons. The number of carbonyl (C=O) groups is 1. The van der Waals surface area contributed by atoms with Crippen LogP contribution in [0, 0.1) is 5.41 Å². The van der Waals surface area contributed by atoms with E-state index < -0.39 is 0 Å². The topological polar surface area (TPSA) is 20.3 Å². The van der Waals surface area contributed by atoms with Crippen molar-refractivity contribution in [3.8, 4) is 0 Å². The zero-order valence-corrected chi connectivity index (χ0v) is 9.14. The number of ketones is 1. The Morgan fingerprint density at radius 3 is 1.92 bits per heavy atom. The fraction of sp³-hybridized carbons (Fsp3) is 0.900. The lowest BCUT2D eigenvalue weighted by Gasteiger charge is -2.35. The molecule has 0 bridgehead atoms. The second-order valence-corrected chi connectivity index (χ2v) is 4.45. The van der Waals surface area contributed by atoms with Gasteiger partial charge in [-0.2, -0.15) is 0 Å². The van der Waals surface area contributed by atoms with Crippen LogP contribution in [0.1, 0.15) is 34.6 Å². The number of carbonyl (C=O) groups excluding carboxylic acids is 1. The van der Waals surface area contributed by atoms with E-state index in [0.29, 0.717) is 0 Å². The molecule has 0 fully saturated rings. The maximum atomic E-state index is 11.3. The fourth-order valence-corrected chi connectivity index (χ4v) is 1.76. The van der Waals surface area contributed by atoms with Gasteiger partial charge in [-0.15, -0.1) is 0 Å². The van der Waals surface area contributed by atoms with Gasteiger partial charge in [-0.05, 0) is 25.9 Å². The maximum Gasteiger partial charge on any atom is 0.147 e. The molecule has 0 amide bonds. The number of Topliss-reactive ketones (excluding diaryl/α,β-unsaturated/α-hetero) is 1. The van der Waals surface area contributed by atoms with Gasteiger partial charge in [0.05, 0.1) is 6.04 Å². The van der Waals surface area contributed by atoms with E-state index in [1.54, 1.807) is 6.92 Å². The zero-order chi connectivity index (χ0) is 9.94. The van der Waals surface area contributed by atoms with Gasteiger partial charge in [0.2, 0.25) is 0 Å². The highest BCUT2D eigenvalue weighted by molar-refractivity contribution is 5.82. The van der Waals surface area contributed by atoms with E-state index in [9.17, 15) is 4.79 Å². The SMILES string of the molecule is CCN(C)C(C(C)=O)C(C)(C)C. The molecule has 72 valence electrons. The molecule has 0 aromatic carbocycles. The van der Waals surface area contributed by atoms with Crippen LogP contribution in [0.25, 0.3) is 0 Å². The van der Waals surface area contributed by atoms with Crippen LogP contribution < -0.4 is 0 Å². The lowest BCUT2D eigenvalue weighted by atomic mass is 9.83. The minimum atomic E-state index is 0.0383. The Morgan fingerprint density at radius 1 is 1.42 bits per heavy atom. The van der Waals surface area contributed by atoms with Crippen molar-refractivity contribution < 1.29 is 4.79 Å². The van der Waals surface area contributed by atoms with Crippen molar-refractivity contribution >= 4 is 5.78 Å². The van der Waals surface area contributed by atoms with E-state index in [-0.39, 0.29) is 17.2 Å². The molecule has 0 aromatic heterocycles. The first-order chi connectivity index (χ1) is 5.30. The van der Waals surface area contributed by atoms with Crippen LogP contribution in [0.5, 0.6) is 0 Å². The Hall–Kier alpha value is -0.370. The quantitative estimate of drug-likeness (QED) is 0.647. The molecular weight excluding hydrogens is 150 g/mol. The van der Waals surface area contributed by atoms with Crippen molar-refractivity contribution in [3.05, 3.63) is 0 Å². The second kappa shape index (κ2) is 4.04. The fourth-order valence-electron chi connectivity index (χ4n) is 1.76. The monoisotopic (exact) mass is 171 g/mol. The van der Waals surface area contributed by atoms with Crippen LogP contribution in [0.4, 0.5) is 0 Å². The summed E-state index contributed by atoms with van der Waals surface area (Å²) < 4.78 is 0. The number of hydrogen-bond donors (Lipinski definition) is 0. The van der Waals surface area contributed by atoms with E-state index in [2.05, 4.69) is 32.6 Å². The lowest BCUT2D eigenvalue weighted by Crippen LogP contribution is -2.46. The molecule has 0 aromatic rings. The minimum absolute atomic E-state index is 0.0383. The molecule has 0 aliphatic rings. The van der Waals surface area contributed by atoms with Crippen LogP contribution in [-0.2, 0) is 4.79 Å². The third-order valence-corrected chi connectivity index (χ3v) is 2.14. The van der Waals surface area contributed by atoms with Crippen molar-refractivity contribution in [2.75, 3.05) is 13.6 Å². The van der Waals surface area contributed by atoms with Gasteiger partial charge < -0.3 is 0 Å². The highest BCUT2D eigenvalue weighted by Gasteiger charge is 2.31. The molecule has 0 aliphatic carbocycles. The molecule has 0 saturated heterocycles. The van der Waals surface area contributed by atoms with Gasteiger partial charge in [0.15, 0.2) is 0 Å². The molecule has 0 spiro atoms. The predicted molar refractivity (Wildman–Crippen MR) is 52.2 cm³/mol. The van der Waals surface area contributed by atoms with Gasteiger partial charge in [-0.1, -0.05) is 27.7 Å². The summed E-state index contributed by atoms with van der Waals surface area (Å²) in [5.74, 6) is 0.256. The Balaban J connectivity index is 4.56. The summed E-state index contributed by atoms with van der Waals surface area (Å²) in [6, 6.07) is 0.0440. The van der Waals surface area contributed by atoms with Gasteiger partial charge in [-0.25, -0.2) is 0 Å². The number of rotatable bonds is 3. The molecule has 0 saturated carbocycles. The van der Waals surface area contributed by atoms with Crippen LogP contribution in [0.2, 0.25) is 0 Å². The average molecular weight is 171 g/mol. The van der Waals surface area contributed by atoms with Crippen molar-refractivity contribution in [3.63, 3.8) is 0 Å². The van der Waals surface area contributed by atoms with Crippen LogP contribution in [0.15, 0.2) is 0 Å². The minimum Gasteiger partial charge on any atom is -0.298 e. The summed E-state index contributed by atoms with van der Waals surface area (Å²) in [6.45, 7) is 11.0.